The van der Waals surface area contributed by atoms with Crippen molar-refractivity contribution in [2.45, 2.75) is 19.6 Å². The Balaban J connectivity index is 3.51. The number of hydrogen-bond donors (Lipinski definition) is 2. The van der Waals surface area contributed by atoms with Gasteiger partial charge < -0.3 is 10.4 Å². The number of hydrogen-bond acceptors (Lipinski definition) is 2. The van der Waals surface area contributed by atoms with Crippen LogP contribution >= 0.6 is 0 Å². The second kappa shape index (κ2) is 3.34. The molecule has 0 aromatic rings. The predicted octanol–water partition coefficient (Wildman–Crippen LogP) is -0.294. The molecule has 0 aromatic heterocycles. The van der Waals surface area contributed by atoms with E-state index in [2.05, 4.69) is 0 Å². The summed E-state index contributed by atoms with van der Waals surface area (Å²) < 4.78 is 22.5. The van der Waals surface area contributed by atoms with Crippen LogP contribution in [0.15, 0.2) is 0 Å². The molecule has 0 fully saturated rings. The summed E-state index contributed by atoms with van der Waals surface area (Å²) >= 11 is 0. The van der Waals surface area contributed by atoms with Crippen LogP contribution < -0.4 is 5.32 Å². The van der Waals surface area contributed by atoms with Gasteiger partial charge in [-0.05, 0) is 6.92 Å². The fourth-order valence-corrected chi connectivity index (χ4v) is 0.269. The molecule has 0 radical (unpaired) electrons. The van der Waals surface area contributed by atoms with Gasteiger partial charge in [-0.2, -0.15) is 8.78 Å². The van der Waals surface area contributed by atoms with Gasteiger partial charge in [-0.3, -0.25) is 4.79 Å². The topological polar surface area (TPSA) is 49.3 Å². The van der Waals surface area contributed by atoms with Crippen molar-refractivity contribution in [1.29, 1.82) is 0 Å². The Hall–Kier alpha value is -0.710. The quantitative estimate of drug-likeness (QED) is 0.516. The fraction of sp³-hybridized carbons (Fsp3) is 0.750. The number of aliphatic hydroxyl groups excluding tert-OH is 1. The van der Waals surface area contributed by atoms with Crippen LogP contribution in [0.2, 0.25) is 0 Å². The fourth-order valence-electron chi connectivity index (χ4n) is 0.269. The van der Waals surface area contributed by atoms with Crippen LogP contribution in [0.1, 0.15) is 6.92 Å². The third-order valence-corrected chi connectivity index (χ3v) is 0.549. The lowest BCUT2D eigenvalue weighted by Crippen LogP contribution is -2.36. The van der Waals surface area contributed by atoms with Crippen LogP contribution in [0, 0.1) is 0 Å². The zero-order chi connectivity index (χ0) is 7.44. The molecule has 2 N–H and O–H groups in total. The molecule has 0 heterocycles. The smallest absolute Gasteiger partial charge is 0.315 e. The highest BCUT2D eigenvalue weighted by Crippen LogP contribution is 1.90. The van der Waals surface area contributed by atoms with Gasteiger partial charge in [0, 0.05) is 0 Å². The normalized spacial score (nSPS) is 13.4. The standard InChI is InChI=1S/C4H7F2NO2/c1-2(8)7-4(9)3(5)6/h2-3,8H,1H3,(H,7,9). The van der Waals surface area contributed by atoms with Gasteiger partial charge in [0.25, 0.3) is 5.91 Å². The lowest BCUT2D eigenvalue weighted by atomic mass is 10.5. The summed E-state index contributed by atoms with van der Waals surface area (Å²) in [6.45, 7) is 1.18. The molecule has 3 nitrogen and oxygen atoms in total. The van der Waals surface area contributed by atoms with Gasteiger partial charge in [-0.1, -0.05) is 0 Å². The van der Waals surface area contributed by atoms with E-state index in [1.807, 2.05) is 0 Å². The van der Waals surface area contributed by atoms with E-state index in [4.69, 9.17) is 5.11 Å². The van der Waals surface area contributed by atoms with Crippen molar-refractivity contribution in [2.24, 2.45) is 0 Å². The molecule has 1 amide bonds. The van der Waals surface area contributed by atoms with Crippen molar-refractivity contribution < 1.29 is 18.7 Å². The van der Waals surface area contributed by atoms with Gasteiger partial charge in [-0.15, -0.1) is 0 Å². The van der Waals surface area contributed by atoms with Gasteiger partial charge in [0.15, 0.2) is 0 Å². The third kappa shape index (κ3) is 3.84. The van der Waals surface area contributed by atoms with E-state index in [1.54, 1.807) is 5.32 Å². The minimum atomic E-state index is -3.06. The van der Waals surface area contributed by atoms with Gasteiger partial charge in [0.05, 0.1) is 0 Å². The zero-order valence-corrected chi connectivity index (χ0v) is 4.77. The Bertz CT molecular complexity index is 105. The maximum Gasteiger partial charge on any atom is 0.315 e. The van der Waals surface area contributed by atoms with E-state index in [0.29, 0.717) is 0 Å². The van der Waals surface area contributed by atoms with E-state index in [1.165, 1.54) is 6.92 Å². The Labute approximate surface area is 50.7 Å². The van der Waals surface area contributed by atoms with Crippen molar-refractivity contribution >= 4 is 5.91 Å². The van der Waals surface area contributed by atoms with E-state index in [9.17, 15) is 13.6 Å². The van der Waals surface area contributed by atoms with Crippen molar-refractivity contribution in [3.05, 3.63) is 0 Å². The molecule has 0 spiro atoms. The summed E-state index contributed by atoms with van der Waals surface area (Å²) in [6.07, 6.45) is -4.27. The number of rotatable bonds is 2. The minimum absolute atomic E-state index is 1.18. The summed E-state index contributed by atoms with van der Waals surface area (Å²) in [7, 11) is 0. The van der Waals surface area contributed by atoms with Crippen LogP contribution in [0.5, 0.6) is 0 Å². The van der Waals surface area contributed by atoms with E-state index < -0.39 is 18.6 Å². The van der Waals surface area contributed by atoms with Gasteiger partial charge in [-0.25, -0.2) is 0 Å². The van der Waals surface area contributed by atoms with Crippen molar-refractivity contribution in [1.82, 2.24) is 5.32 Å². The van der Waals surface area contributed by atoms with Gasteiger partial charge in [0.2, 0.25) is 0 Å². The maximum atomic E-state index is 11.3. The SMILES string of the molecule is CC(O)NC(=O)C(F)F. The summed E-state index contributed by atoms with van der Waals surface area (Å²) in [5.41, 5.74) is 0. The summed E-state index contributed by atoms with van der Waals surface area (Å²) in [5, 5.41) is 9.92. The van der Waals surface area contributed by atoms with Gasteiger partial charge >= 0.3 is 6.43 Å². The van der Waals surface area contributed by atoms with Crippen LogP contribution in [0.25, 0.3) is 0 Å². The average molecular weight is 139 g/mol. The number of halogens is 2. The molecule has 5 heteroatoms. The van der Waals surface area contributed by atoms with E-state index in [0.717, 1.165) is 0 Å². The molecular weight excluding hydrogens is 132 g/mol. The molecule has 0 saturated carbocycles. The summed E-state index contributed by atoms with van der Waals surface area (Å²) in [4.78, 5) is 9.93. The second-order valence-electron chi connectivity index (χ2n) is 1.49. The molecule has 0 aliphatic heterocycles. The zero-order valence-electron chi connectivity index (χ0n) is 4.77. The van der Waals surface area contributed by atoms with Crippen molar-refractivity contribution in [3.63, 3.8) is 0 Å². The first-order chi connectivity index (χ1) is 4.04. The van der Waals surface area contributed by atoms with Crippen LogP contribution in [-0.4, -0.2) is 23.7 Å². The molecular formula is C4H7F2NO2. The van der Waals surface area contributed by atoms with Crippen LogP contribution in [0.4, 0.5) is 8.78 Å². The number of amides is 1. The molecule has 9 heavy (non-hydrogen) atoms. The third-order valence-electron chi connectivity index (χ3n) is 0.549. The molecule has 1 atom stereocenters. The molecule has 0 bridgehead atoms. The highest BCUT2D eigenvalue weighted by molar-refractivity contribution is 5.79. The predicted molar refractivity (Wildman–Crippen MR) is 25.8 cm³/mol. The molecule has 1 unspecified atom stereocenters. The van der Waals surface area contributed by atoms with Gasteiger partial charge in [0.1, 0.15) is 6.23 Å². The highest BCUT2D eigenvalue weighted by atomic mass is 19.3. The van der Waals surface area contributed by atoms with E-state index in [-0.39, 0.29) is 0 Å². The molecule has 0 rings (SSSR count). The molecule has 54 valence electrons. The number of carbonyl (C=O) groups excluding carboxylic acids is 1. The number of alkyl halides is 2. The number of carbonyl (C=O) groups is 1. The van der Waals surface area contributed by atoms with E-state index >= 15 is 0 Å². The van der Waals surface area contributed by atoms with Crippen LogP contribution in [-0.2, 0) is 4.79 Å². The lowest BCUT2D eigenvalue weighted by Gasteiger charge is -2.04. The molecule has 0 aliphatic rings. The molecule has 0 saturated heterocycles. The van der Waals surface area contributed by atoms with Crippen molar-refractivity contribution in [2.75, 3.05) is 0 Å². The minimum Gasteiger partial charge on any atom is -0.374 e. The maximum absolute atomic E-state index is 11.3. The first-order valence-electron chi connectivity index (χ1n) is 2.30. The highest BCUT2D eigenvalue weighted by Gasteiger charge is 2.15. The second-order valence-corrected chi connectivity index (χ2v) is 1.49. The largest absolute Gasteiger partial charge is 0.374 e. The van der Waals surface area contributed by atoms with Crippen LogP contribution in [0.3, 0.4) is 0 Å². The first-order valence-corrected chi connectivity index (χ1v) is 2.30. The monoisotopic (exact) mass is 139 g/mol. The first kappa shape index (κ1) is 8.29. The molecule has 0 aromatic carbocycles. The van der Waals surface area contributed by atoms with Crippen molar-refractivity contribution in [3.8, 4) is 0 Å². The Morgan fingerprint density at radius 3 is 2.22 bits per heavy atom. The Morgan fingerprint density at radius 1 is 1.67 bits per heavy atom. The molecule has 0 aliphatic carbocycles. The Morgan fingerprint density at radius 2 is 2.11 bits per heavy atom. The lowest BCUT2D eigenvalue weighted by molar-refractivity contribution is -0.134. The Kier molecular flexibility index (Phi) is 3.08. The summed E-state index contributed by atoms with van der Waals surface area (Å²) in [5.74, 6) is -1.45. The average Bonchev–Trinajstić information content (AvgIpc) is 1.63. The summed E-state index contributed by atoms with van der Waals surface area (Å²) in [6, 6.07) is 0. The number of aliphatic hydroxyl groups is 1. The number of nitrogens with one attached hydrogen (secondary N) is 1.